The summed E-state index contributed by atoms with van der Waals surface area (Å²) in [5, 5.41) is 20.4. The Labute approximate surface area is 526 Å². The molecule has 3 atom stereocenters. The molecule has 476 valence electrons. The van der Waals surface area contributed by atoms with Crippen molar-refractivity contribution in [2.24, 2.45) is 10.7 Å². The highest BCUT2D eigenvalue weighted by atomic mass is 16.7. The maximum atomic E-state index is 15.4. The minimum atomic E-state index is -1.44. The molecule has 0 radical (unpaired) electrons. The third-order valence-corrected chi connectivity index (χ3v) is 14.7. The molecule has 1 aliphatic rings. The van der Waals surface area contributed by atoms with Gasteiger partial charge in [0.2, 0.25) is 11.7 Å². The largest absolute Gasteiger partial charge is 0.406 e. The number of aliphatic hydroxyl groups is 1. The molecule has 0 aliphatic carbocycles. The number of carbonyl (C=O) groups is 5. The predicted molar refractivity (Wildman–Crippen MR) is 340 cm³/mol. The molecule has 23 nitrogen and oxygen atoms in total. The number of hydrogen-bond acceptors (Lipinski definition) is 16. The summed E-state index contributed by atoms with van der Waals surface area (Å²) in [4.78, 5) is 137. The average Bonchev–Trinajstić information content (AvgIpc) is 1.71. The number of hydrogen-bond donors (Lipinski definition) is 5. The lowest BCUT2D eigenvalue weighted by atomic mass is 10.0. The van der Waals surface area contributed by atoms with Crippen LogP contribution in [0.15, 0.2) is 207 Å². The summed E-state index contributed by atoms with van der Waals surface area (Å²) in [6.45, 7) is 0.444. The summed E-state index contributed by atoms with van der Waals surface area (Å²) in [6.07, 6.45) is 1.85. The molecule has 3 aromatic heterocycles. The van der Waals surface area contributed by atoms with Gasteiger partial charge in [0.1, 0.15) is 49.2 Å². The number of pyridine rings is 3. The van der Waals surface area contributed by atoms with Gasteiger partial charge in [-0.2, -0.15) is 0 Å². The van der Waals surface area contributed by atoms with E-state index in [0.717, 1.165) is 37.1 Å². The van der Waals surface area contributed by atoms with Crippen molar-refractivity contribution in [3.63, 3.8) is 0 Å². The van der Waals surface area contributed by atoms with Gasteiger partial charge in [-0.05, 0) is 92.1 Å². The number of nitrogens with two attached hydrogens (primary N) is 1. The third kappa shape index (κ3) is 19.7. The van der Waals surface area contributed by atoms with Crippen molar-refractivity contribution >= 4 is 35.6 Å². The number of carbonyl (C=O) groups excluding carboxylic acids is 5. The van der Waals surface area contributed by atoms with Crippen molar-refractivity contribution in [2.75, 3.05) is 45.8 Å². The fourth-order valence-corrected chi connectivity index (χ4v) is 9.97. The second-order valence-electron chi connectivity index (χ2n) is 21.3. The third-order valence-electron chi connectivity index (χ3n) is 14.7. The van der Waals surface area contributed by atoms with E-state index in [-0.39, 0.29) is 114 Å². The Balaban J connectivity index is 1.06. The van der Waals surface area contributed by atoms with Crippen molar-refractivity contribution in [1.82, 2.24) is 39.9 Å². The molecule has 8 rings (SSSR count). The van der Waals surface area contributed by atoms with Gasteiger partial charge in [0.15, 0.2) is 6.10 Å². The van der Waals surface area contributed by atoms with Gasteiger partial charge in [0.25, 0.3) is 34.4 Å². The minimum Gasteiger partial charge on any atom is -0.406 e. The van der Waals surface area contributed by atoms with E-state index in [1.165, 1.54) is 70.6 Å². The van der Waals surface area contributed by atoms with Crippen LogP contribution >= 0.6 is 0 Å². The zero-order chi connectivity index (χ0) is 64.2. The SMILES string of the molecule is NCCCCCNC(=O)C(CCCN(CCCNC(=O)c1cccc(=O)n1OCc1ccccc1)C(=O)C1=CN=CC(=O)C1OCc1ccccc1)N(CCCNC(O)c1cccc(=O)n1OCc1ccccc1)C(=O)c1cccc(=O)n1OCc1ccccc1. The standard InChI is InChI=1S/C68H76N10O13/c69-37-14-5-15-38-71-64(83)55(75(68(87)58-32-18-36-62(82)78(58)91-49-53-28-12-4-13-29-53)43-21-40-73-66(85)57-31-17-35-61(81)77(57)90-48-52-26-10-3-11-27-52)33-19-41-74(67(86)54-44-70-45-59(79)63(54)88-46-50-22-6-1-7-23-50)42-20-39-72-65(84)56-30-16-34-60(80)76(56)89-47-51-24-8-2-9-25-51/h1-4,6-13,16-18,22-32,34-36,44-45,55,63,66,73,85H,5,14-15,19-21,33,37-43,46-49,69H2,(H,71,83)(H,72,84). The smallest absolute Gasteiger partial charge is 0.283 e. The Morgan fingerprint density at radius 3 is 1.63 bits per heavy atom. The van der Waals surface area contributed by atoms with Gasteiger partial charge in [-0.25, -0.2) is 0 Å². The van der Waals surface area contributed by atoms with Crippen molar-refractivity contribution < 1.29 is 48.3 Å². The summed E-state index contributed by atoms with van der Waals surface area (Å²) in [7, 11) is 0. The van der Waals surface area contributed by atoms with Gasteiger partial charge in [-0.1, -0.05) is 146 Å². The number of rotatable bonds is 36. The summed E-state index contributed by atoms with van der Waals surface area (Å²) in [5.74, 6) is -3.08. The highest BCUT2D eigenvalue weighted by Gasteiger charge is 2.35. The topological polar surface area (TPSA) is 289 Å². The van der Waals surface area contributed by atoms with Gasteiger partial charge >= 0.3 is 0 Å². The van der Waals surface area contributed by atoms with E-state index in [2.05, 4.69) is 20.9 Å². The number of aliphatic imine (C=N–C) groups is 1. The summed E-state index contributed by atoms with van der Waals surface area (Å²) >= 11 is 0. The van der Waals surface area contributed by atoms with E-state index >= 15 is 9.59 Å². The summed E-state index contributed by atoms with van der Waals surface area (Å²) in [5.41, 5.74) is 6.88. The van der Waals surface area contributed by atoms with Crippen LogP contribution in [0.25, 0.3) is 0 Å². The number of nitrogens with one attached hydrogen (secondary N) is 3. The second kappa shape index (κ2) is 35.2. The normalized spacial score (nSPS) is 13.3. The molecule has 91 heavy (non-hydrogen) atoms. The lowest BCUT2D eigenvalue weighted by Gasteiger charge is -2.33. The van der Waals surface area contributed by atoms with Crippen molar-refractivity contribution in [3.8, 4) is 0 Å². The Bertz CT molecular complexity index is 3750. The monoisotopic (exact) mass is 1240 g/mol. The number of ether oxygens (including phenoxy) is 1. The van der Waals surface area contributed by atoms with E-state index in [0.29, 0.717) is 31.4 Å². The van der Waals surface area contributed by atoms with Crippen LogP contribution in [-0.2, 0) is 45.5 Å². The van der Waals surface area contributed by atoms with Crippen molar-refractivity contribution in [1.29, 1.82) is 0 Å². The van der Waals surface area contributed by atoms with Crippen LogP contribution in [0.4, 0.5) is 0 Å². The summed E-state index contributed by atoms with van der Waals surface area (Å²) < 4.78 is 8.94. The summed E-state index contributed by atoms with van der Waals surface area (Å²) in [6, 6.07) is 47.7. The molecule has 0 bridgehead atoms. The van der Waals surface area contributed by atoms with Crippen LogP contribution in [-0.4, -0.2) is 123 Å². The van der Waals surface area contributed by atoms with E-state index in [4.69, 9.17) is 25.0 Å². The first-order chi connectivity index (χ1) is 44.4. The number of unbranched alkanes of at least 4 members (excludes halogenated alkanes) is 2. The highest BCUT2D eigenvalue weighted by molar-refractivity contribution is 6.33. The molecule has 0 saturated carbocycles. The number of amides is 4. The van der Waals surface area contributed by atoms with Crippen molar-refractivity contribution in [3.05, 3.63) is 258 Å². The molecule has 4 amide bonds. The molecule has 0 saturated heterocycles. The maximum absolute atomic E-state index is 15.4. The van der Waals surface area contributed by atoms with E-state index < -0.39 is 64.5 Å². The maximum Gasteiger partial charge on any atom is 0.283 e. The predicted octanol–water partition coefficient (Wildman–Crippen LogP) is 4.34. The quantitative estimate of drug-likeness (QED) is 0.0270. The first kappa shape index (κ1) is 66.9. The van der Waals surface area contributed by atoms with Gasteiger partial charge < -0.3 is 50.5 Å². The Hall–Kier alpha value is -10.1. The number of Topliss-reactive ketones (excluding diaryl/α,β-unsaturated/α-hetero) is 1. The Kier molecular flexibility index (Phi) is 25.9. The first-order valence-corrected chi connectivity index (χ1v) is 30.3. The lowest BCUT2D eigenvalue weighted by molar-refractivity contribution is -0.133. The van der Waals surface area contributed by atoms with E-state index in [1.807, 2.05) is 97.1 Å². The van der Waals surface area contributed by atoms with Gasteiger partial charge in [0.05, 0.1) is 18.4 Å². The zero-order valence-electron chi connectivity index (χ0n) is 50.5. The zero-order valence-corrected chi connectivity index (χ0v) is 50.5. The van der Waals surface area contributed by atoms with E-state index in [1.54, 1.807) is 24.3 Å². The molecule has 0 spiro atoms. The first-order valence-electron chi connectivity index (χ1n) is 30.3. The van der Waals surface area contributed by atoms with Gasteiger partial charge in [-0.15, -0.1) is 14.2 Å². The molecular weight excluding hydrogens is 1160 g/mol. The van der Waals surface area contributed by atoms with Crippen LogP contribution < -0.4 is 52.9 Å². The highest BCUT2D eigenvalue weighted by Crippen LogP contribution is 2.21. The molecule has 6 N–H and O–H groups in total. The van der Waals surface area contributed by atoms with Gasteiger partial charge in [0, 0.05) is 57.1 Å². The lowest BCUT2D eigenvalue weighted by Crippen LogP contribution is -2.52. The molecule has 23 heteroatoms. The number of aromatic nitrogens is 3. The molecule has 4 aromatic carbocycles. The molecule has 7 aromatic rings. The molecule has 3 unspecified atom stereocenters. The molecule has 1 aliphatic heterocycles. The van der Waals surface area contributed by atoms with Crippen LogP contribution in [0.1, 0.15) is 100 Å². The van der Waals surface area contributed by atoms with E-state index in [9.17, 15) is 33.9 Å². The Morgan fingerprint density at radius 1 is 0.527 bits per heavy atom. The minimum absolute atomic E-state index is 0.00278. The molecule has 4 heterocycles. The van der Waals surface area contributed by atoms with Crippen molar-refractivity contribution in [2.45, 2.75) is 89.7 Å². The molecule has 0 fully saturated rings. The fourth-order valence-electron chi connectivity index (χ4n) is 9.97. The number of nitrogens with zero attached hydrogens (tertiary/aromatic N) is 6. The number of aliphatic hydroxyl groups excluding tert-OH is 1. The van der Waals surface area contributed by atoms with Crippen LogP contribution in [0.3, 0.4) is 0 Å². The van der Waals surface area contributed by atoms with Gasteiger partial charge in [-0.3, -0.25) is 48.7 Å². The fraction of sp³-hybridized carbons (Fsp3) is 0.309. The Morgan fingerprint density at radius 2 is 1.03 bits per heavy atom. The number of benzene rings is 4. The average molecular weight is 1240 g/mol. The van der Waals surface area contributed by atoms with Crippen LogP contribution in [0, 0.1) is 0 Å². The second-order valence-corrected chi connectivity index (χ2v) is 21.3. The van der Waals surface area contributed by atoms with Crippen LogP contribution in [0.5, 0.6) is 0 Å². The number of ketones is 1. The van der Waals surface area contributed by atoms with Crippen LogP contribution in [0.2, 0.25) is 0 Å². The molecular formula is C68H76N10O13.